The molecule has 0 saturated heterocycles. The minimum absolute atomic E-state index is 1.08. The van der Waals surface area contributed by atoms with Crippen molar-refractivity contribution in [3.63, 3.8) is 0 Å². The normalized spacial score (nSPS) is 11.6. The van der Waals surface area contributed by atoms with Crippen molar-refractivity contribution in [1.29, 1.82) is 0 Å². The molecule has 0 atom stereocenters. The van der Waals surface area contributed by atoms with Gasteiger partial charge in [-0.15, -0.1) is 0 Å². The van der Waals surface area contributed by atoms with E-state index in [2.05, 4.69) is 274 Å². The third-order valence-corrected chi connectivity index (χ3v) is 13.2. The fourth-order valence-corrected chi connectivity index (χ4v) is 10.4. The van der Waals surface area contributed by atoms with Gasteiger partial charge in [-0.3, -0.25) is 0 Å². The molecule has 0 aliphatic rings. The molecule has 310 valence electrons. The smallest absolute Gasteiger partial charge is 0.0619 e. The Kier molecular flexibility index (Phi) is 8.81. The molecule has 13 aromatic rings. The monoisotopic (exact) mass is 842 g/mol. The van der Waals surface area contributed by atoms with Crippen molar-refractivity contribution in [2.24, 2.45) is 0 Å². The van der Waals surface area contributed by atoms with E-state index in [1.165, 1.54) is 43.6 Å². The third kappa shape index (κ3) is 5.93. The van der Waals surface area contributed by atoms with E-state index < -0.39 is 0 Å². The zero-order valence-electron chi connectivity index (χ0n) is 36.0. The maximum atomic E-state index is 2.52. The Morgan fingerprint density at radius 1 is 0.212 bits per heavy atom. The van der Waals surface area contributed by atoms with Gasteiger partial charge < -0.3 is 18.9 Å². The minimum Gasteiger partial charge on any atom is -0.309 e. The Bertz CT molecular complexity index is 3680. The summed E-state index contributed by atoms with van der Waals surface area (Å²) >= 11 is 0. The van der Waals surface area contributed by atoms with Crippen LogP contribution in [0.3, 0.4) is 0 Å². The fourth-order valence-electron chi connectivity index (χ4n) is 10.4. The number of aromatic nitrogens is 2. The van der Waals surface area contributed by atoms with Crippen LogP contribution in [0.4, 0.5) is 34.1 Å². The highest BCUT2D eigenvalue weighted by molar-refractivity contribution is 6.24. The van der Waals surface area contributed by atoms with Crippen LogP contribution >= 0.6 is 0 Å². The van der Waals surface area contributed by atoms with Gasteiger partial charge in [0.15, 0.2) is 0 Å². The summed E-state index contributed by atoms with van der Waals surface area (Å²) in [5, 5.41) is 9.45. The zero-order chi connectivity index (χ0) is 43.6. The predicted molar refractivity (Wildman–Crippen MR) is 279 cm³/mol. The van der Waals surface area contributed by atoms with Crippen LogP contribution in [0, 0.1) is 0 Å². The molecule has 0 saturated carbocycles. The van der Waals surface area contributed by atoms with E-state index in [4.69, 9.17) is 0 Å². The first-order valence-corrected chi connectivity index (χ1v) is 22.6. The summed E-state index contributed by atoms with van der Waals surface area (Å²) in [4.78, 5) is 4.94. The summed E-state index contributed by atoms with van der Waals surface area (Å²) in [7, 11) is 0. The van der Waals surface area contributed by atoms with Crippen molar-refractivity contribution in [3.8, 4) is 11.4 Å². The number of hydrogen-bond donors (Lipinski definition) is 0. The van der Waals surface area contributed by atoms with Crippen LogP contribution in [0.1, 0.15) is 0 Å². The average molecular weight is 843 g/mol. The predicted octanol–water partition coefficient (Wildman–Crippen LogP) is 17.1. The van der Waals surface area contributed by atoms with Gasteiger partial charge in [0.25, 0.3) is 0 Å². The number of para-hydroxylation sites is 6. The SMILES string of the molecule is c1ccc(N(c2ccccc2)c2c3ccccc3c(N(c3ccc4c(c3)c3ccccc3n4-c3ccccc3)c3ccc4c(c3)c3ccccc3n4-c3ccccc3)c3ccccc23)cc1. The lowest BCUT2D eigenvalue weighted by Gasteiger charge is -2.33. The molecular formula is C62H42N4. The summed E-state index contributed by atoms with van der Waals surface area (Å²) in [5.41, 5.74) is 13.6. The van der Waals surface area contributed by atoms with Gasteiger partial charge in [-0.25, -0.2) is 0 Å². The Morgan fingerprint density at radius 3 is 0.879 bits per heavy atom. The van der Waals surface area contributed by atoms with Gasteiger partial charge in [-0.2, -0.15) is 0 Å². The van der Waals surface area contributed by atoms with Crippen molar-refractivity contribution >= 4 is 99.3 Å². The van der Waals surface area contributed by atoms with Gasteiger partial charge in [-0.1, -0.05) is 158 Å². The Balaban J connectivity index is 1.14. The van der Waals surface area contributed by atoms with Gasteiger partial charge >= 0.3 is 0 Å². The lowest BCUT2D eigenvalue weighted by Crippen LogP contribution is -2.14. The van der Waals surface area contributed by atoms with E-state index in [0.29, 0.717) is 0 Å². The van der Waals surface area contributed by atoms with Crippen molar-refractivity contribution in [3.05, 3.63) is 255 Å². The van der Waals surface area contributed by atoms with Crippen LogP contribution in [-0.2, 0) is 0 Å². The topological polar surface area (TPSA) is 16.3 Å². The molecule has 0 aliphatic heterocycles. The molecule has 2 heterocycles. The number of anilines is 6. The molecular weight excluding hydrogens is 801 g/mol. The van der Waals surface area contributed by atoms with Gasteiger partial charge in [0.1, 0.15) is 0 Å². The van der Waals surface area contributed by atoms with Crippen LogP contribution in [0.5, 0.6) is 0 Å². The first kappa shape index (κ1) is 37.7. The first-order valence-electron chi connectivity index (χ1n) is 22.6. The van der Waals surface area contributed by atoms with E-state index in [1.807, 2.05) is 0 Å². The number of nitrogens with zero attached hydrogens (tertiary/aromatic N) is 4. The summed E-state index contributed by atoms with van der Waals surface area (Å²) in [6.45, 7) is 0. The van der Waals surface area contributed by atoms with E-state index in [9.17, 15) is 0 Å². The molecule has 2 aromatic heterocycles. The molecule has 0 amide bonds. The van der Waals surface area contributed by atoms with Crippen LogP contribution in [0.2, 0.25) is 0 Å². The fraction of sp³-hybridized carbons (Fsp3) is 0. The molecule has 0 fully saturated rings. The molecule has 0 radical (unpaired) electrons. The van der Waals surface area contributed by atoms with Gasteiger partial charge in [0, 0.05) is 77.2 Å². The van der Waals surface area contributed by atoms with Gasteiger partial charge in [0.2, 0.25) is 0 Å². The Hall–Kier alpha value is -8.86. The molecule has 4 heteroatoms. The van der Waals surface area contributed by atoms with Gasteiger partial charge in [0.05, 0.1) is 33.4 Å². The van der Waals surface area contributed by atoms with Gasteiger partial charge in [-0.05, 0) is 97.1 Å². The lowest BCUT2D eigenvalue weighted by atomic mass is 9.95. The lowest BCUT2D eigenvalue weighted by molar-refractivity contribution is 1.18. The summed E-state index contributed by atoms with van der Waals surface area (Å²) < 4.78 is 4.79. The highest BCUT2D eigenvalue weighted by atomic mass is 15.2. The first-order chi connectivity index (χ1) is 32.8. The highest BCUT2D eigenvalue weighted by Gasteiger charge is 2.27. The summed E-state index contributed by atoms with van der Waals surface area (Å²) in [5.74, 6) is 0. The second-order valence-corrected chi connectivity index (χ2v) is 16.9. The maximum absolute atomic E-state index is 2.52. The van der Waals surface area contributed by atoms with Crippen LogP contribution in [0.25, 0.3) is 76.5 Å². The highest BCUT2D eigenvalue weighted by Crippen LogP contribution is 2.52. The van der Waals surface area contributed by atoms with Crippen molar-refractivity contribution < 1.29 is 0 Å². The van der Waals surface area contributed by atoms with Crippen LogP contribution < -0.4 is 9.80 Å². The molecule has 13 rings (SSSR count). The van der Waals surface area contributed by atoms with E-state index in [0.717, 1.165) is 67.0 Å². The van der Waals surface area contributed by atoms with Crippen LogP contribution in [-0.4, -0.2) is 9.13 Å². The Labute approximate surface area is 382 Å². The quantitative estimate of drug-likeness (QED) is 0.112. The number of benzene rings is 11. The maximum Gasteiger partial charge on any atom is 0.0619 e. The van der Waals surface area contributed by atoms with E-state index >= 15 is 0 Å². The van der Waals surface area contributed by atoms with E-state index in [1.54, 1.807) is 0 Å². The second kappa shape index (κ2) is 15.4. The molecule has 0 unspecified atom stereocenters. The van der Waals surface area contributed by atoms with Crippen molar-refractivity contribution in [1.82, 2.24) is 9.13 Å². The van der Waals surface area contributed by atoms with Crippen LogP contribution in [0.15, 0.2) is 255 Å². The molecule has 0 spiro atoms. The summed E-state index contributed by atoms with van der Waals surface area (Å²) in [6.07, 6.45) is 0. The van der Waals surface area contributed by atoms with Crippen molar-refractivity contribution in [2.75, 3.05) is 9.80 Å². The molecule has 4 nitrogen and oxygen atoms in total. The number of fused-ring (bicyclic) bond motifs is 8. The summed E-state index contributed by atoms with van der Waals surface area (Å²) in [6, 6.07) is 92.5. The molecule has 0 bridgehead atoms. The largest absolute Gasteiger partial charge is 0.309 e. The third-order valence-electron chi connectivity index (χ3n) is 13.2. The molecule has 11 aromatic carbocycles. The zero-order valence-corrected chi connectivity index (χ0v) is 36.0. The molecule has 0 N–H and O–H groups in total. The molecule has 0 aliphatic carbocycles. The average Bonchev–Trinajstić information content (AvgIpc) is 3.90. The number of hydrogen-bond acceptors (Lipinski definition) is 2. The Morgan fingerprint density at radius 2 is 0.500 bits per heavy atom. The standard InChI is InChI=1S/C62H42N4/c1-5-21-43(22-6-1)63(44-23-7-2-8-24-44)61-51-31-13-15-33-53(51)62(54-34-16-14-32-52(54)61)64(47-37-39-59-55(41-47)49-29-17-19-35-57(49)65(59)45-25-9-3-10-26-45)48-38-40-60-56(42-48)50-30-18-20-36-58(50)66(60)46-27-11-4-12-28-46/h1-42H. The van der Waals surface area contributed by atoms with Crippen molar-refractivity contribution in [2.45, 2.75) is 0 Å². The second-order valence-electron chi connectivity index (χ2n) is 16.9. The number of rotatable bonds is 8. The van der Waals surface area contributed by atoms with E-state index in [-0.39, 0.29) is 0 Å². The minimum atomic E-state index is 1.08. The molecule has 66 heavy (non-hydrogen) atoms.